The van der Waals surface area contributed by atoms with Crippen molar-refractivity contribution >= 4 is 5.97 Å². The summed E-state index contributed by atoms with van der Waals surface area (Å²) in [5.74, 6) is 0.330. The molecule has 0 radical (unpaired) electrons. The van der Waals surface area contributed by atoms with E-state index in [-0.39, 0.29) is 5.97 Å². The maximum Gasteiger partial charge on any atom is 0.333 e. The molecule has 0 fully saturated rings. The number of esters is 1. The zero-order valence-corrected chi connectivity index (χ0v) is 9.29. The van der Waals surface area contributed by atoms with Crippen molar-refractivity contribution < 1.29 is 9.53 Å². The van der Waals surface area contributed by atoms with Crippen LogP contribution in [-0.2, 0) is 9.53 Å². The first-order valence-corrected chi connectivity index (χ1v) is 5.27. The van der Waals surface area contributed by atoms with Gasteiger partial charge in [0.1, 0.15) is 6.61 Å². The fraction of sp³-hybridized carbons (Fsp3) is 0.462. The molecule has 2 heteroatoms. The first-order valence-electron chi connectivity index (χ1n) is 5.27. The molecule has 0 aromatic heterocycles. The Labute approximate surface area is 91.3 Å². The molecule has 0 bridgehead atoms. The van der Waals surface area contributed by atoms with Gasteiger partial charge >= 0.3 is 5.97 Å². The van der Waals surface area contributed by atoms with Crippen LogP contribution in [-0.4, -0.2) is 12.6 Å². The predicted octanol–water partition coefficient (Wildman–Crippen LogP) is 3.02. The third-order valence-corrected chi connectivity index (χ3v) is 2.70. The standard InChI is InChI=1S/C13H18O2/c1-4-9-15-13(14)12-7-5-11(6-8-12)10(2)3/h4,7,11H,1-2,5-6,8-9H2,3H3. The number of carbonyl (C=O) groups excluding carboxylic acids is 1. The van der Waals surface area contributed by atoms with Gasteiger partial charge in [-0.2, -0.15) is 0 Å². The summed E-state index contributed by atoms with van der Waals surface area (Å²) in [7, 11) is 0. The van der Waals surface area contributed by atoms with E-state index < -0.39 is 0 Å². The summed E-state index contributed by atoms with van der Waals surface area (Å²) in [6.45, 7) is 9.78. The van der Waals surface area contributed by atoms with Gasteiger partial charge in [0.25, 0.3) is 0 Å². The average Bonchev–Trinajstić information content (AvgIpc) is 2.26. The molecule has 82 valence electrons. The SMILES string of the molecule is C=CCOC(=O)C1=CCC(C(=C)C)CC1. The highest BCUT2D eigenvalue weighted by Gasteiger charge is 2.19. The van der Waals surface area contributed by atoms with Crippen molar-refractivity contribution in [1.29, 1.82) is 0 Å². The number of carbonyl (C=O) groups is 1. The zero-order valence-electron chi connectivity index (χ0n) is 9.29. The van der Waals surface area contributed by atoms with Crippen molar-refractivity contribution in [3.05, 3.63) is 36.5 Å². The van der Waals surface area contributed by atoms with Gasteiger partial charge in [-0.3, -0.25) is 0 Å². The van der Waals surface area contributed by atoms with E-state index in [1.54, 1.807) is 6.08 Å². The van der Waals surface area contributed by atoms with Crippen LogP contribution < -0.4 is 0 Å². The van der Waals surface area contributed by atoms with Crippen molar-refractivity contribution in [1.82, 2.24) is 0 Å². The molecule has 1 aliphatic carbocycles. The Balaban J connectivity index is 2.49. The molecule has 15 heavy (non-hydrogen) atoms. The van der Waals surface area contributed by atoms with Crippen LogP contribution in [0.4, 0.5) is 0 Å². The molecule has 0 amide bonds. The summed E-state index contributed by atoms with van der Waals surface area (Å²) in [6.07, 6.45) is 6.28. The van der Waals surface area contributed by atoms with Crippen molar-refractivity contribution in [2.75, 3.05) is 6.61 Å². The third kappa shape index (κ3) is 3.39. The molecule has 0 N–H and O–H groups in total. The van der Waals surface area contributed by atoms with Crippen LogP contribution >= 0.6 is 0 Å². The highest BCUT2D eigenvalue weighted by Crippen LogP contribution is 2.28. The van der Waals surface area contributed by atoms with E-state index >= 15 is 0 Å². The number of hydrogen-bond acceptors (Lipinski definition) is 2. The summed E-state index contributed by atoms with van der Waals surface area (Å²) in [5.41, 5.74) is 2.00. The Hall–Kier alpha value is -1.31. The summed E-state index contributed by atoms with van der Waals surface area (Å²) in [5, 5.41) is 0. The molecule has 0 aromatic rings. The lowest BCUT2D eigenvalue weighted by atomic mass is 9.85. The Kier molecular flexibility index (Phi) is 4.35. The van der Waals surface area contributed by atoms with Gasteiger partial charge in [0.15, 0.2) is 0 Å². The van der Waals surface area contributed by atoms with Gasteiger partial charge < -0.3 is 4.74 Å². The van der Waals surface area contributed by atoms with E-state index in [1.807, 2.05) is 13.0 Å². The molecule has 1 aliphatic rings. The number of hydrogen-bond donors (Lipinski definition) is 0. The molecule has 2 nitrogen and oxygen atoms in total. The van der Waals surface area contributed by atoms with Gasteiger partial charge in [-0.15, -0.1) is 0 Å². The van der Waals surface area contributed by atoms with Crippen LogP contribution in [0.15, 0.2) is 36.5 Å². The van der Waals surface area contributed by atoms with E-state index in [0.29, 0.717) is 12.5 Å². The van der Waals surface area contributed by atoms with Gasteiger partial charge in [0.05, 0.1) is 0 Å². The zero-order chi connectivity index (χ0) is 11.3. The smallest absolute Gasteiger partial charge is 0.333 e. The molecular formula is C13H18O2. The minimum absolute atomic E-state index is 0.199. The van der Waals surface area contributed by atoms with E-state index in [4.69, 9.17) is 4.74 Å². The summed E-state index contributed by atoms with van der Waals surface area (Å²) >= 11 is 0. The number of ether oxygens (including phenoxy) is 1. The summed E-state index contributed by atoms with van der Waals surface area (Å²) in [4.78, 5) is 11.5. The lowest BCUT2D eigenvalue weighted by Crippen LogP contribution is -2.14. The maximum absolute atomic E-state index is 11.5. The van der Waals surface area contributed by atoms with Crippen LogP contribution in [0.3, 0.4) is 0 Å². The first-order chi connectivity index (χ1) is 7.15. The molecule has 0 saturated heterocycles. The van der Waals surface area contributed by atoms with Crippen LogP contribution in [0.5, 0.6) is 0 Å². The Bertz CT molecular complexity index is 300. The second kappa shape index (κ2) is 5.54. The predicted molar refractivity (Wildman–Crippen MR) is 61.4 cm³/mol. The quantitative estimate of drug-likeness (QED) is 0.522. The lowest BCUT2D eigenvalue weighted by Gasteiger charge is -2.21. The second-order valence-corrected chi connectivity index (χ2v) is 3.93. The molecule has 1 atom stereocenters. The average molecular weight is 206 g/mol. The van der Waals surface area contributed by atoms with E-state index in [0.717, 1.165) is 24.8 Å². The molecule has 0 spiro atoms. The second-order valence-electron chi connectivity index (χ2n) is 3.93. The summed E-state index contributed by atoms with van der Waals surface area (Å²) < 4.78 is 4.98. The molecule has 0 aliphatic heterocycles. The minimum Gasteiger partial charge on any atom is -0.458 e. The highest BCUT2D eigenvalue weighted by atomic mass is 16.5. The van der Waals surface area contributed by atoms with E-state index in [2.05, 4.69) is 13.2 Å². The molecule has 0 heterocycles. The van der Waals surface area contributed by atoms with Gasteiger partial charge in [-0.25, -0.2) is 4.79 Å². The summed E-state index contributed by atoms with van der Waals surface area (Å²) in [6, 6.07) is 0. The Morgan fingerprint density at radius 3 is 2.93 bits per heavy atom. The van der Waals surface area contributed by atoms with Crippen molar-refractivity contribution in [2.24, 2.45) is 5.92 Å². The Morgan fingerprint density at radius 1 is 1.73 bits per heavy atom. The lowest BCUT2D eigenvalue weighted by molar-refractivity contribution is -0.138. The highest BCUT2D eigenvalue weighted by molar-refractivity contribution is 5.88. The van der Waals surface area contributed by atoms with Gasteiger partial charge in [0.2, 0.25) is 0 Å². The fourth-order valence-corrected chi connectivity index (χ4v) is 1.69. The number of allylic oxidation sites excluding steroid dienone is 2. The molecule has 0 aromatic carbocycles. The monoisotopic (exact) mass is 206 g/mol. The van der Waals surface area contributed by atoms with E-state index in [1.165, 1.54) is 5.57 Å². The van der Waals surface area contributed by atoms with Crippen molar-refractivity contribution in [2.45, 2.75) is 26.2 Å². The van der Waals surface area contributed by atoms with Gasteiger partial charge in [-0.05, 0) is 32.1 Å². The molecular weight excluding hydrogens is 188 g/mol. The van der Waals surface area contributed by atoms with Crippen LogP contribution in [0.25, 0.3) is 0 Å². The third-order valence-electron chi connectivity index (χ3n) is 2.70. The van der Waals surface area contributed by atoms with Crippen molar-refractivity contribution in [3.8, 4) is 0 Å². The van der Waals surface area contributed by atoms with E-state index in [9.17, 15) is 4.79 Å². The van der Waals surface area contributed by atoms with Crippen LogP contribution in [0.1, 0.15) is 26.2 Å². The normalized spacial score (nSPS) is 20.3. The first kappa shape index (κ1) is 11.8. The van der Waals surface area contributed by atoms with Gasteiger partial charge in [0, 0.05) is 5.57 Å². The Morgan fingerprint density at radius 2 is 2.47 bits per heavy atom. The largest absolute Gasteiger partial charge is 0.458 e. The topological polar surface area (TPSA) is 26.3 Å². The van der Waals surface area contributed by atoms with Crippen LogP contribution in [0, 0.1) is 5.92 Å². The van der Waals surface area contributed by atoms with Crippen molar-refractivity contribution in [3.63, 3.8) is 0 Å². The minimum atomic E-state index is -0.199. The van der Waals surface area contributed by atoms with Gasteiger partial charge in [-0.1, -0.05) is 30.9 Å². The van der Waals surface area contributed by atoms with Crippen LogP contribution in [0.2, 0.25) is 0 Å². The maximum atomic E-state index is 11.5. The molecule has 1 unspecified atom stereocenters. The molecule has 1 rings (SSSR count). The fourth-order valence-electron chi connectivity index (χ4n) is 1.69. The molecule has 0 saturated carbocycles. The number of rotatable bonds is 4.